The van der Waals surface area contributed by atoms with Gasteiger partial charge in [0.1, 0.15) is 56.2 Å². The van der Waals surface area contributed by atoms with E-state index in [0.717, 1.165) is 167 Å². The molecule has 5 aromatic rings. The van der Waals surface area contributed by atoms with Gasteiger partial charge in [0, 0.05) is 81.6 Å². The minimum Gasteiger partial charge on any atom is -0.367 e. The van der Waals surface area contributed by atoms with Crippen LogP contribution in [0.2, 0.25) is 15.5 Å². The summed E-state index contributed by atoms with van der Waals surface area (Å²) in [5.74, 6) is 2.94. The number of anilines is 7. The quantitative estimate of drug-likeness (QED) is 0.0396. The molecule has 13 heterocycles. The number of halogens is 3. The molecule has 8 aliphatic rings. The molecule has 3 atom stereocenters. The lowest BCUT2D eigenvalue weighted by molar-refractivity contribution is -0.117. The molecular weight excluding hydrogens is 1470 g/mol. The first-order chi connectivity index (χ1) is 52.5. The number of primary amides is 5. The van der Waals surface area contributed by atoms with E-state index in [9.17, 15) is 28.8 Å². The third-order valence-corrected chi connectivity index (χ3v) is 21.7. The maximum absolute atomic E-state index is 11.8. The van der Waals surface area contributed by atoms with Crippen LogP contribution in [0.25, 0.3) is 0 Å². The Morgan fingerprint density at radius 2 is 0.664 bits per heavy atom. The van der Waals surface area contributed by atoms with E-state index < -0.39 is 29.5 Å². The number of piperidine rings is 5. The summed E-state index contributed by atoms with van der Waals surface area (Å²) in [6, 6.07) is 19.0. The van der Waals surface area contributed by atoms with Gasteiger partial charge in [-0.1, -0.05) is 48.3 Å². The number of nitrogens with one attached hydrogen (secondary N) is 5. The molecule has 0 saturated carbocycles. The van der Waals surface area contributed by atoms with Gasteiger partial charge in [-0.3, -0.25) is 28.8 Å². The third kappa shape index (κ3) is 27.5. The van der Waals surface area contributed by atoms with Crippen molar-refractivity contribution in [2.24, 2.45) is 46.1 Å². The zero-order valence-electron chi connectivity index (χ0n) is 64.6. The maximum atomic E-state index is 11.8. The molecule has 0 unspecified atom stereocenters. The third-order valence-electron chi connectivity index (χ3n) is 21.0. The second-order valence-electron chi connectivity index (χ2n) is 30.0. The Hall–Kier alpha value is -8.50. The highest BCUT2D eigenvalue weighted by atomic mass is 35.5. The summed E-state index contributed by atoms with van der Waals surface area (Å²) < 4.78 is 0. The van der Waals surface area contributed by atoms with Crippen LogP contribution in [0.5, 0.6) is 0 Å². The summed E-state index contributed by atoms with van der Waals surface area (Å²) >= 11 is 16.9. The van der Waals surface area contributed by atoms with Crippen molar-refractivity contribution in [3.05, 3.63) is 117 Å². The number of nitrogens with two attached hydrogens (primary N) is 7. The van der Waals surface area contributed by atoms with Gasteiger partial charge in [-0.05, 0) is 257 Å². The number of hydrogen-bond donors (Lipinski definition) is 12. The fourth-order valence-electron chi connectivity index (χ4n) is 14.0. The van der Waals surface area contributed by atoms with E-state index in [2.05, 4.69) is 129 Å². The van der Waals surface area contributed by atoms with Crippen LogP contribution in [0.15, 0.2) is 73.3 Å². The summed E-state index contributed by atoms with van der Waals surface area (Å²) in [6.07, 6.45) is 14.9. The normalized spacial score (nSPS) is 20.6. The lowest BCUT2D eigenvalue weighted by Gasteiger charge is -2.30. The van der Waals surface area contributed by atoms with Crippen LogP contribution < -0.4 is 81.4 Å². The van der Waals surface area contributed by atoms with Gasteiger partial charge in [0.15, 0.2) is 0 Å². The van der Waals surface area contributed by atoms with Gasteiger partial charge < -0.3 is 106 Å². The van der Waals surface area contributed by atoms with Crippen LogP contribution in [0.1, 0.15) is 142 Å². The zero-order chi connectivity index (χ0) is 79.7. The topological polar surface area (TPSA) is 435 Å². The minimum atomic E-state index is -0.612. The largest absolute Gasteiger partial charge is 0.367 e. The number of nitrogens with zero attached hydrogens (tertiary/aromatic N) is 13. The van der Waals surface area contributed by atoms with Gasteiger partial charge >= 0.3 is 0 Å². The Morgan fingerprint density at radius 3 is 0.982 bits per heavy atom. The van der Waals surface area contributed by atoms with E-state index >= 15 is 0 Å². The summed E-state index contributed by atoms with van der Waals surface area (Å²) in [4.78, 5) is 109. The molecule has 8 aliphatic heterocycles. The smallest absolute Gasteiger partial charge is 0.252 e. The molecule has 0 radical (unpaired) electrons. The number of hydrogen-bond acceptors (Lipinski definition) is 25. The van der Waals surface area contributed by atoms with E-state index in [0.29, 0.717) is 87.3 Å². The number of amides is 6. The van der Waals surface area contributed by atoms with Gasteiger partial charge in [-0.2, -0.15) is 0 Å². The standard InChI is InChI=1S/C19H28N6O2.C17H27N5O.C16H26N6O.C12H17ClN4O.C6H4Cl2N2O.C6H14N2/c1-3-17(26)21-14-8-11-25(12-14)16-5-4-15(18(20)27)19(23-16)22-13-6-9-24(2)10-7-13;1-12-5-10-22(11-12)15-4-3-14(16(18)23)17(20-15)19-13-6-8-21(2)9-7-13;1-21-7-5-12(6-8-21)19-16-13(15(18)23)2-3-14(20-16)22-9-4-11(17)10-22;1-17-6-4-8(5-7-17)15-12-9(11(14)18)2-3-10(13)16-12;7-4-2-1-3(6(9)11)5(8)10-4;1-8-4-2-6(7)3-5-8/h3-5,13-14H,1,6-12H2,2H3,(H2,20,27)(H,21,26)(H,22,23);3-4,12-13H,5-11H2,1-2H3,(H2,18,23)(H,19,20);2-3,11-12H,4-10,17H2,1H3,(H2,18,23)(H,19,20);2-3,8H,4-7H2,1H3,(H2,14,18)(H,15,16);1-2H,(H2,9,11);6H,2-5,7H2,1H3/t14-;12-;11-;;;/m000.../s1. The molecule has 0 spiro atoms. The van der Waals surface area contributed by atoms with E-state index in [4.69, 9.17) is 84.9 Å². The minimum absolute atomic E-state index is 0.0324. The summed E-state index contributed by atoms with van der Waals surface area (Å²) in [5, 5.41) is 17.1. The van der Waals surface area contributed by atoms with Gasteiger partial charge in [-0.25, -0.2) is 24.9 Å². The van der Waals surface area contributed by atoms with E-state index in [1.54, 1.807) is 24.3 Å². The SMILES string of the molecule is C=CC(=O)N[C@H]1CCN(c2ccc(C(N)=O)c(NC3CCN(C)CC3)n2)C1.CN1CCC(N)CC1.CN1CCC(Nc2nc(Cl)ccc2C(N)=O)CC1.CN1CCC(Nc2nc(N3CC[C@H](N)C3)ccc2C(N)=O)CC1.C[C@H]1CCN(c2ccc(C(N)=O)c(NC3CCN(C)CC3)n2)C1.NC(=O)c1ccc(Cl)nc1Cl. The molecule has 8 saturated heterocycles. The Labute approximate surface area is 662 Å². The van der Waals surface area contributed by atoms with Crippen molar-refractivity contribution in [2.75, 3.05) is 176 Å². The summed E-state index contributed by atoms with van der Waals surface area (Å²) in [7, 11) is 10.6. The molecule has 13 rings (SSSR count). The van der Waals surface area contributed by atoms with Crippen LogP contribution in [-0.2, 0) is 4.79 Å². The van der Waals surface area contributed by atoms with E-state index in [1.165, 1.54) is 50.6 Å². The summed E-state index contributed by atoms with van der Waals surface area (Å²) in [5.41, 5.74) is 40.4. The van der Waals surface area contributed by atoms with Gasteiger partial charge in [0.05, 0.1) is 27.8 Å². The number of pyridine rings is 5. The molecule has 110 heavy (non-hydrogen) atoms. The molecule has 19 N–H and O–H groups in total. The van der Waals surface area contributed by atoms with Crippen molar-refractivity contribution in [3.63, 3.8) is 0 Å². The van der Waals surface area contributed by atoms with E-state index in [1.807, 2.05) is 24.3 Å². The predicted octanol–water partition coefficient (Wildman–Crippen LogP) is 5.19. The van der Waals surface area contributed by atoms with Crippen LogP contribution in [0, 0.1) is 5.92 Å². The second-order valence-corrected chi connectivity index (χ2v) is 31.2. The number of aromatic nitrogens is 5. The van der Waals surface area contributed by atoms with Crippen LogP contribution in [-0.4, -0.2) is 267 Å². The van der Waals surface area contributed by atoms with Crippen LogP contribution in [0.4, 0.5) is 40.7 Å². The molecule has 34 heteroatoms. The highest BCUT2D eigenvalue weighted by Crippen LogP contribution is 2.30. The Bertz CT molecular complexity index is 3750. The number of likely N-dealkylation sites (tertiary alicyclic amines) is 5. The Balaban J connectivity index is 0.000000172. The number of carbonyl (C=O) groups excluding carboxylic acids is 6. The Morgan fingerprint density at radius 1 is 0.373 bits per heavy atom. The maximum Gasteiger partial charge on any atom is 0.252 e. The highest BCUT2D eigenvalue weighted by molar-refractivity contribution is 6.34. The molecular formula is C76H116Cl3N25O6. The summed E-state index contributed by atoms with van der Waals surface area (Å²) in [6.45, 7) is 21.6. The first-order valence-corrected chi connectivity index (χ1v) is 39.3. The lowest BCUT2D eigenvalue weighted by Crippen LogP contribution is -2.37. The molecule has 0 aromatic carbocycles. The predicted molar refractivity (Wildman–Crippen MR) is 440 cm³/mol. The average molecular weight is 1580 g/mol. The first kappa shape index (κ1) is 87.1. The lowest BCUT2D eigenvalue weighted by atomic mass is 10.1. The molecule has 5 aromatic heterocycles. The van der Waals surface area contributed by atoms with Crippen LogP contribution in [0.3, 0.4) is 0 Å². The molecule has 31 nitrogen and oxygen atoms in total. The van der Waals surface area contributed by atoms with Crippen molar-refractivity contribution < 1.29 is 28.8 Å². The first-order valence-electron chi connectivity index (χ1n) is 38.2. The number of carbonyl (C=O) groups is 6. The van der Waals surface area contributed by atoms with Gasteiger partial charge in [-0.15, -0.1) is 0 Å². The average Bonchev–Trinajstić information content (AvgIpc) is 1.46. The molecule has 0 bridgehead atoms. The molecule has 0 aliphatic carbocycles. The Kier molecular flexibility index (Phi) is 33.9. The second kappa shape index (κ2) is 42.8. The van der Waals surface area contributed by atoms with Crippen molar-refractivity contribution >= 4 is 111 Å². The number of rotatable bonds is 18. The van der Waals surface area contributed by atoms with Crippen molar-refractivity contribution in [2.45, 2.75) is 133 Å². The highest BCUT2D eigenvalue weighted by Gasteiger charge is 2.30. The van der Waals surface area contributed by atoms with Crippen molar-refractivity contribution in [3.8, 4) is 0 Å². The zero-order valence-corrected chi connectivity index (χ0v) is 66.9. The van der Waals surface area contributed by atoms with Gasteiger partial charge in [0.2, 0.25) is 5.91 Å². The van der Waals surface area contributed by atoms with Gasteiger partial charge in [0.25, 0.3) is 29.5 Å². The van der Waals surface area contributed by atoms with E-state index in [-0.39, 0.29) is 39.9 Å². The molecule has 602 valence electrons. The van der Waals surface area contributed by atoms with Crippen molar-refractivity contribution in [1.82, 2.24) is 54.7 Å². The monoisotopic (exact) mass is 1580 g/mol. The fourth-order valence-corrected chi connectivity index (χ4v) is 14.6. The van der Waals surface area contributed by atoms with Crippen LogP contribution >= 0.6 is 34.8 Å². The van der Waals surface area contributed by atoms with Crippen molar-refractivity contribution in [1.29, 1.82) is 0 Å². The fraction of sp³-hybridized carbons (Fsp3) is 0.566. The molecule has 6 amide bonds. The molecule has 8 fully saturated rings.